The molecule has 29 heavy (non-hydrogen) atoms. The minimum Gasteiger partial charge on any atom is -0.459 e. The van der Waals surface area contributed by atoms with Crippen LogP contribution in [0.1, 0.15) is 25.7 Å². The zero-order chi connectivity index (χ0) is 19.4. The van der Waals surface area contributed by atoms with Gasteiger partial charge >= 0.3 is 0 Å². The quantitative estimate of drug-likeness (QED) is 0.488. The summed E-state index contributed by atoms with van der Waals surface area (Å²) in [6.45, 7) is 0.214. The molecule has 2 bridgehead atoms. The van der Waals surface area contributed by atoms with Crippen LogP contribution >= 0.6 is 0 Å². The van der Waals surface area contributed by atoms with E-state index >= 15 is 0 Å². The van der Waals surface area contributed by atoms with Gasteiger partial charge in [-0.1, -0.05) is 0 Å². The van der Waals surface area contributed by atoms with Crippen LogP contribution in [0, 0.1) is 17.8 Å². The number of aliphatic hydroxyl groups excluding tert-OH is 1. The molecule has 4 aromatic rings. The van der Waals surface area contributed by atoms with Gasteiger partial charge in [0.05, 0.1) is 6.26 Å². The molecule has 0 aliphatic heterocycles. The molecule has 148 valence electrons. The summed E-state index contributed by atoms with van der Waals surface area (Å²) in [7, 11) is 0. The van der Waals surface area contributed by atoms with Gasteiger partial charge < -0.3 is 19.8 Å². The van der Waals surface area contributed by atoms with Crippen LogP contribution in [0.4, 0.5) is 5.82 Å². The topological polar surface area (TPSA) is 99.9 Å². The van der Waals surface area contributed by atoms with Crippen LogP contribution in [0.2, 0.25) is 0 Å². The predicted octanol–water partition coefficient (Wildman–Crippen LogP) is 3.98. The van der Waals surface area contributed by atoms with Crippen molar-refractivity contribution in [3.63, 3.8) is 0 Å². The number of rotatable bonds is 4. The van der Waals surface area contributed by atoms with Crippen LogP contribution in [0.5, 0.6) is 0 Å². The van der Waals surface area contributed by atoms with Gasteiger partial charge in [-0.3, -0.25) is 0 Å². The molecule has 4 aromatic heterocycles. The Labute approximate surface area is 167 Å². The maximum absolute atomic E-state index is 10.1. The molecule has 0 unspecified atom stereocenters. The zero-order valence-corrected chi connectivity index (χ0v) is 16.0. The van der Waals surface area contributed by atoms with Crippen molar-refractivity contribution in [2.45, 2.75) is 31.7 Å². The Morgan fingerprint density at radius 3 is 2.86 bits per heavy atom. The van der Waals surface area contributed by atoms with E-state index in [4.69, 9.17) is 14.4 Å². The maximum Gasteiger partial charge on any atom is 0.194 e. The Morgan fingerprint density at radius 2 is 2.00 bits per heavy atom. The third-order valence-electron chi connectivity index (χ3n) is 6.90. The maximum atomic E-state index is 10.1. The molecule has 0 amide bonds. The lowest BCUT2D eigenvalue weighted by atomic mass is 9.62. The number of hydrogen-bond donors (Lipinski definition) is 3. The molecule has 0 radical (unpaired) electrons. The molecule has 4 heterocycles. The molecule has 7 nitrogen and oxygen atoms in total. The molecule has 3 aliphatic rings. The van der Waals surface area contributed by atoms with Crippen molar-refractivity contribution in [1.82, 2.24) is 19.9 Å². The van der Waals surface area contributed by atoms with E-state index in [0.29, 0.717) is 29.1 Å². The summed E-state index contributed by atoms with van der Waals surface area (Å²) in [4.78, 5) is 17.2. The second-order valence-corrected chi connectivity index (χ2v) is 8.32. The van der Waals surface area contributed by atoms with Crippen molar-refractivity contribution >= 4 is 28.0 Å². The zero-order valence-electron chi connectivity index (χ0n) is 16.0. The highest BCUT2D eigenvalue weighted by Gasteiger charge is 2.43. The van der Waals surface area contributed by atoms with Gasteiger partial charge in [0.15, 0.2) is 17.2 Å². The number of aromatic nitrogens is 4. The molecule has 2 atom stereocenters. The first kappa shape index (κ1) is 17.0. The molecule has 3 saturated carbocycles. The average Bonchev–Trinajstić information content (AvgIpc) is 3.41. The molecule has 0 aromatic carbocycles. The Hall–Kier alpha value is -2.93. The molecule has 3 N–H and O–H groups in total. The number of fused-ring (bicyclic) bond motifs is 5. The lowest BCUT2D eigenvalue weighted by molar-refractivity contribution is 0.0395. The van der Waals surface area contributed by atoms with Crippen LogP contribution in [-0.4, -0.2) is 37.7 Å². The summed E-state index contributed by atoms with van der Waals surface area (Å²) in [5, 5.41) is 14.7. The summed E-state index contributed by atoms with van der Waals surface area (Å²) in [6.07, 6.45) is 10.2. The predicted molar refractivity (Wildman–Crippen MR) is 110 cm³/mol. The minimum absolute atomic E-state index is 0.214. The van der Waals surface area contributed by atoms with E-state index in [1.54, 1.807) is 12.5 Å². The first-order valence-electron chi connectivity index (χ1n) is 10.4. The average molecular weight is 389 g/mol. The number of H-pyrrole nitrogens is 1. The van der Waals surface area contributed by atoms with Crippen molar-refractivity contribution in [1.29, 1.82) is 0 Å². The largest absolute Gasteiger partial charge is 0.459 e. The summed E-state index contributed by atoms with van der Waals surface area (Å²) in [5.74, 6) is 2.78. The highest BCUT2D eigenvalue weighted by atomic mass is 16.3. The first-order valence-corrected chi connectivity index (χ1v) is 10.4. The number of aromatic amines is 1. The summed E-state index contributed by atoms with van der Waals surface area (Å²) in [5.41, 5.74) is 3.18. The van der Waals surface area contributed by atoms with E-state index in [9.17, 15) is 5.11 Å². The van der Waals surface area contributed by atoms with Gasteiger partial charge in [0.25, 0.3) is 0 Å². The lowest BCUT2D eigenvalue weighted by Crippen LogP contribution is -2.49. The van der Waals surface area contributed by atoms with Crippen LogP contribution in [0.15, 0.2) is 41.3 Å². The molecular weight excluding hydrogens is 366 g/mol. The van der Waals surface area contributed by atoms with Gasteiger partial charge in [0.1, 0.15) is 11.2 Å². The summed E-state index contributed by atoms with van der Waals surface area (Å²) < 4.78 is 5.73. The molecule has 7 heteroatoms. The summed E-state index contributed by atoms with van der Waals surface area (Å²) in [6, 6.07) is 6.02. The Bertz CT molecular complexity index is 1170. The normalized spacial score (nSPS) is 26.4. The number of anilines is 1. The molecule has 0 spiro atoms. The van der Waals surface area contributed by atoms with Crippen LogP contribution in [0.25, 0.3) is 33.5 Å². The fourth-order valence-corrected chi connectivity index (χ4v) is 5.44. The van der Waals surface area contributed by atoms with Crippen LogP contribution < -0.4 is 5.32 Å². The van der Waals surface area contributed by atoms with Crippen LogP contribution in [-0.2, 0) is 0 Å². The van der Waals surface area contributed by atoms with E-state index < -0.39 is 0 Å². The van der Waals surface area contributed by atoms with Gasteiger partial charge in [-0.05, 0) is 49.7 Å². The SMILES string of the molecule is OC[C@H]1C2CCC(CC2)[C@@H]1Nc1nc(-c2c[nH]c3ncccc23)nc2ccoc12. The van der Waals surface area contributed by atoms with Gasteiger partial charge in [0.2, 0.25) is 0 Å². The molecule has 3 aliphatic carbocycles. The smallest absolute Gasteiger partial charge is 0.194 e. The fraction of sp³-hybridized carbons (Fsp3) is 0.409. The Balaban J connectivity index is 1.44. The van der Waals surface area contributed by atoms with Crippen molar-refractivity contribution < 1.29 is 9.52 Å². The number of nitrogens with one attached hydrogen (secondary N) is 2. The van der Waals surface area contributed by atoms with E-state index in [2.05, 4.69) is 15.3 Å². The number of pyridine rings is 1. The van der Waals surface area contributed by atoms with E-state index in [0.717, 1.165) is 22.1 Å². The van der Waals surface area contributed by atoms with E-state index in [1.807, 2.05) is 24.4 Å². The molecule has 0 saturated heterocycles. The van der Waals surface area contributed by atoms with E-state index in [-0.39, 0.29) is 18.6 Å². The van der Waals surface area contributed by atoms with Crippen molar-refractivity contribution in [2.24, 2.45) is 17.8 Å². The van der Waals surface area contributed by atoms with Crippen molar-refractivity contribution in [2.75, 3.05) is 11.9 Å². The van der Waals surface area contributed by atoms with Crippen molar-refractivity contribution in [3.8, 4) is 11.4 Å². The van der Waals surface area contributed by atoms with E-state index in [1.165, 1.54) is 25.7 Å². The van der Waals surface area contributed by atoms with Gasteiger partial charge in [-0.25, -0.2) is 15.0 Å². The van der Waals surface area contributed by atoms with Gasteiger partial charge in [0, 0.05) is 48.0 Å². The number of hydrogen-bond acceptors (Lipinski definition) is 6. The first-order chi connectivity index (χ1) is 14.3. The summed E-state index contributed by atoms with van der Waals surface area (Å²) >= 11 is 0. The number of aliphatic hydroxyl groups is 1. The molecule has 3 fully saturated rings. The minimum atomic E-state index is 0.214. The van der Waals surface area contributed by atoms with Crippen LogP contribution in [0.3, 0.4) is 0 Å². The third kappa shape index (κ3) is 2.64. The molecule has 7 rings (SSSR count). The van der Waals surface area contributed by atoms with Gasteiger partial charge in [-0.15, -0.1) is 0 Å². The fourth-order valence-electron chi connectivity index (χ4n) is 5.44. The van der Waals surface area contributed by atoms with Gasteiger partial charge in [-0.2, -0.15) is 0 Å². The second kappa shape index (κ2) is 6.56. The number of nitrogens with zero attached hydrogens (tertiary/aromatic N) is 3. The second-order valence-electron chi connectivity index (χ2n) is 8.32. The Morgan fingerprint density at radius 1 is 1.14 bits per heavy atom. The Kier molecular flexibility index (Phi) is 3.84. The monoisotopic (exact) mass is 389 g/mol. The molecular formula is C22H23N5O2. The third-order valence-corrected chi connectivity index (χ3v) is 6.90. The lowest BCUT2D eigenvalue weighted by Gasteiger charge is -2.48. The van der Waals surface area contributed by atoms with Crippen molar-refractivity contribution in [3.05, 3.63) is 36.9 Å². The highest BCUT2D eigenvalue weighted by Crippen LogP contribution is 2.46. The highest BCUT2D eigenvalue weighted by molar-refractivity contribution is 5.94. The number of furan rings is 1. The standard InChI is InChI=1S/C22H23N5O2/c28-11-16-12-3-5-13(6-4-12)18(16)26-22-19-17(7-9-29-19)25-21(27-22)15-10-24-20-14(15)2-1-8-23-20/h1-2,7-10,12-13,16,18,28H,3-6,11H2,(H,23,24)(H,25,26,27)/t12?,13?,16-,18-/m0/s1.